The van der Waals surface area contributed by atoms with Gasteiger partial charge in [-0.1, -0.05) is 0 Å². The van der Waals surface area contributed by atoms with Gasteiger partial charge in [-0.25, -0.2) is 13.4 Å². The normalized spacial score (nSPS) is 12.8. The largest absolute Gasteiger partial charge is 0.492 e. The minimum absolute atomic E-state index is 0.0176. The highest BCUT2D eigenvalue weighted by Crippen LogP contribution is 2.62. The Morgan fingerprint density at radius 1 is 1.39 bits per heavy atom. The maximum absolute atomic E-state index is 14.5. The summed E-state index contributed by atoms with van der Waals surface area (Å²) in [5.41, 5.74) is -4.89. The highest BCUT2D eigenvalue weighted by atomic mass is 32.2. The van der Waals surface area contributed by atoms with Gasteiger partial charge >= 0.3 is 13.3 Å². The Hall–Kier alpha value is -2.43. The molecule has 0 aliphatic carbocycles. The molecule has 0 fully saturated rings. The van der Waals surface area contributed by atoms with E-state index in [1.807, 2.05) is 0 Å². The van der Waals surface area contributed by atoms with Crippen LogP contribution in [0.5, 0.6) is 5.75 Å². The molecule has 3 N–H and O–H groups in total. The first kappa shape index (κ1) is 23.2. The molecule has 10 nitrogen and oxygen atoms in total. The van der Waals surface area contributed by atoms with Crippen molar-refractivity contribution in [1.82, 2.24) is 15.2 Å². The fourth-order valence-electron chi connectivity index (χ4n) is 2.71. The van der Waals surface area contributed by atoms with E-state index in [1.165, 1.54) is 18.5 Å². The van der Waals surface area contributed by atoms with Crippen molar-refractivity contribution < 1.29 is 36.3 Å². The number of hydrogen-bond acceptors (Lipinski definition) is 8. The summed E-state index contributed by atoms with van der Waals surface area (Å²) in [6.07, 6.45) is 2.45. The van der Waals surface area contributed by atoms with Crippen LogP contribution >= 0.6 is 18.9 Å². The zero-order valence-electron chi connectivity index (χ0n) is 15.7. The average Bonchev–Trinajstić information content (AvgIpc) is 3.30. The van der Waals surface area contributed by atoms with E-state index < -0.39 is 33.5 Å². The number of hydrogen-bond donors (Lipinski definition) is 3. The van der Waals surface area contributed by atoms with E-state index in [4.69, 9.17) is 14.5 Å². The average molecular weight is 492 g/mol. The second-order valence-electron chi connectivity index (χ2n) is 6.51. The summed E-state index contributed by atoms with van der Waals surface area (Å²) in [7, 11) is -9.15. The Kier molecular flexibility index (Phi) is 6.18. The molecule has 0 aliphatic rings. The van der Waals surface area contributed by atoms with Gasteiger partial charge < -0.3 is 14.5 Å². The molecule has 0 saturated heterocycles. The number of sulfone groups is 1. The van der Waals surface area contributed by atoms with E-state index in [2.05, 4.69) is 15.2 Å². The molecular weight excluding hydrogens is 477 g/mol. The number of thiophene rings is 1. The van der Waals surface area contributed by atoms with Crippen molar-refractivity contribution in [3.8, 4) is 23.2 Å². The molecule has 2 aromatic heterocycles. The number of nitriles is 1. The highest BCUT2D eigenvalue weighted by Gasteiger charge is 2.53. The molecular formula is C16H15F2N4O6PS2. The second-order valence-corrected chi connectivity index (χ2v) is 11.4. The molecule has 15 heteroatoms. The number of rotatable bonds is 8. The van der Waals surface area contributed by atoms with Crippen molar-refractivity contribution in [2.45, 2.75) is 12.1 Å². The maximum Gasteiger partial charge on any atom is 0.400 e. The number of ether oxygens (including phenoxy) is 1. The van der Waals surface area contributed by atoms with Crippen LogP contribution in [0.1, 0.15) is 16.9 Å². The van der Waals surface area contributed by atoms with E-state index in [0.29, 0.717) is 16.9 Å². The van der Waals surface area contributed by atoms with E-state index in [1.54, 1.807) is 6.07 Å². The van der Waals surface area contributed by atoms with Crippen LogP contribution in [0.4, 0.5) is 8.78 Å². The summed E-state index contributed by atoms with van der Waals surface area (Å²) in [4.78, 5) is 21.1. The van der Waals surface area contributed by atoms with Crippen LogP contribution in [0, 0.1) is 11.3 Å². The topological polar surface area (TPSA) is 166 Å². The summed E-state index contributed by atoms with van der Waals surface area (Å²) < 4.78 is 68.5. The Morgan fingerprint density at radius 2 is 2.10 bits per heavy atom. The van der Waals surface area contributed by atoms with Crippen molar-refractivity contribution in [2.24, 2.45) is 0 Å². The highest BCUT2D eigenvalue weighted by molar-refractivity contribution is 7.90. The second kappa shape index (κ2) is 8.25. The van der Waals surface area contributed by atoms with E-state index in [-0.39, 0.29) is 40.4 Å². The van der Waals surface area contributed by atoms with Crippen molar-refractivity contribution in [1.29, 1.82) is 5.26 Å². The van der Waals surface area contributed by atoms with E-state index >= 15 is 0 Å². The van der Waals surface area contributed by atoms with Gasteiger partial charge in [0, 0.05) is 17.2 Å². The number of fused-ring (bicyclic) bond motifs is 1. The molecule has 0 spiro atoms. The number of H-pyrrole nitrogens is 1. The third-order valence-electron chi connectivity index (χ3n) is 4.10. The fourth-order valence-corrected chi connectivity index (χ4v) is 5.30. The van der Waals surface area contributed by atoms with E-state index in [9.17, 15) is 27.0 Å². The molecule has 0 bridgehead atoms. The lowest BCUT2D eigenvalue weighted by Crippen LogP contribution is -2.13. The first-order chi connectivity index (χ1) is 14.3. The molecule has 0 unspecified atom stereocenters. The summed E-state index contributed by atoms with van der Waals surface area (Å²) in [6, 6.07) is 4.35. The van der Waals surface area contributed by atoms with Gasteiger partial charge in [0.1, 0.15) is 32.9 Å². The van der Waals surface area contributed by atoms with Crippen molar-refractivity contribution >= 4 is 38.9 Å². The zero-order valence-corrected chi connectivity index (χ0v) is 18.3. The number of aromatic amines is 1. The molecule has 1 aromatic carbocycles. The van der Waals surface area contributed by atoms with Gasteiger partial charge in [0.2, 0.25) is 0 Å². The van der Waals surface area contributed by atoms with Crippen LogP contribution in [0.25, 0.3) is 21.5 Å². The van der Waals surface area contributed by atoms with Crippen LogP contribution in [-0.2, 0) is 20.1 Å². The first-order valence-electron chi connectivity index (χ1n) is 8.46. The lowest BCUT2D eigenvalue weighted by atomic mass is 10.1. The van der Waals surface area contributed by atoms with Gasteiger partial charge in [-0.3, -0.25) is 9.66 Å². The molecule has 0 atom stereocenters. The van der Waals surface area contributed by atoms with Crippen LogP contribution in [0.2, 0.25) is 0 Å². The molecule has 0 aliphatic heterocycles. The number of alkyl halides is 2. The predicted molar refractivity (Wildman–Crippen MR) is 108 cm³/mol. The number of benzene rings is 1. The van der Waals surface area contributed by atoms with Crippen molar-refractivity contribution in [2.75, 3.05) is 18.6 Å². The Balaban J connectivity index is 2.17. The van der Waals surface area contributed by atoms with E-state index in [0.717, 1.165) is 6.26 Å². The van der Waals surface area contributed by atoms with Gasteiger partial charge in [-0.2, -0.15) is 19.1 Å². The van der Waals surface area contributed by atoms with Crippen LogP contribution < -0.4 is 4.74 Å². The van der Waals surface area contributed by atoms with Gasteiger partial charge in [0.15, 0.2) is 5.82 Å². The third-order valence-corrected chi connectivity index (χ3v) is 7.52. The lowest BCUT2D eigenvalue weighted by Gasteiger charge is -2.16. The summed E-state index contributed by atoms with van der Waals surface area (Å²) in [5.74, 6) is 0.0351. The molecule has 31 heavy (non-hydrogen) atoms. The Morgan fingerprint density at radius 3 is 2.65 bits per heavy atom. The standard InChI is InChI=1S/C16H15F2N4O6PS2/c1-31(26,27)4-2-3-28-12-6-9(15-20-8-21-22-15)5-10-11(7-19)14(30-13(10)12)16(17,18)29(23,24)25/h5-6,8H,2-4H2,1H3,(H,20,21,22)(H2,23,24,25). The van der Waals surface area contributed by atoms with Gasteiger partial charge in [0.25, 0.3) is 0 Å². The molecule has 3 rings (SSSR count). The van der Waals surface area contributed by atoms with Crippen LogP contribution in [-0.4, -0.2) is 52.0 Å². The number of nitrogens with one attached hydrogen (secondary N) is 1. The Labute approximate surface area is 178 Å². The summed E-state index contributed by atoms with van der Waals surface area (Å²) in [6.45, 7) is -0.0797. The fraction of sp³-hybridized carbons (Fsp3) is 0.312. The van der Waals surface area contributed by atoms with Gasteiger partial charge in [-0.05, 0) is 18.6 Å². The number of halogens is 2. The molecule has 0 saturated carbocycles. The molecule has 2 heterocycles. The quantitative estimate of drug-likeness (QED) is 0.316. The molecule has 166 valence electrons. The van der Waals surface area contributed by atoms with Crippen LogP contribution in [0.3, 0.4) is 0 Å². The Bertz CT molecular complexity index is 1310. The zero-order chi connectivity index (χ0) is 23.0. The first-order valence-corrected chi connectivity index (χ1v) is 13.0. The summed E-state index contributed by atoms with van der Waals surface area (Å²) in [5, 5.41) is 15.8. The minimum atomic E-state index is -5.92. The van der Waals surface area contributed by atoms with Crippen molar-refractivity contribution in [3.05, 3.63) is 28.9 Å². The van der Waals surface area contributed by atoms with Crippen molar-refractivity contribution in [3.63, 3.8) is 0 Å². The van der Waals surface area contributed by atoms with Gasteiger partial charge in [-0.15, -0.1) is 11.3 Å². The molecule has 3 aromatic rings. The monoisotopic (exact) mass is 492 g/mol. The van der Waals surface area contributed by atoms with Crippen LogP contribution in [0.15, 0.2) is 18.5 Å². The van der Waals surface area contributed by atoms with Gasteiger partial charge in [0.05, 0.1) is 22.6 Å². The SMILES string of the molecule is CS(=O)(=O)CCCOc1cc(-c2nc[nH]n2)cc2c(C#N)c(C(F)(F)P(=O)(O)O)sc12. The molecule has 0 amide bonds. The summed E-state index contributed by atoms with van der Waals surface area (Å²) >= 11 is 0.322. The smallest absolute Gasteiger partial charge is 0.400 e. The minimum Gasteiger partial charge on any atom is -0.492 e. The molecule has 0 radical (unpaired) electrons. The lowest BCUT2D eigenvalue weighted by molar-refractivity contribution is 0.0599. The maximum atomic E-state index is 14.5. The predicted octanol–water partition coefficient (Wildman–Crippen LogP) is 2.60. The third kappa shape index (κ3) is 4.76. The number of nitrogens with zero attached hydrogens (tertiary/aromatic N) is 3. The number of aromatic nitrogens is 3.